The molecule has 192 valence electrons. The van der Waals surface area contributed by atoms with E-state index in [0.717, 1.165) is 79.5 Å². The van der Waals surface area contributed by atoms with Gasteiger partial charge < -0.3 is 19.4 Å². The molecule has 2 fully saturated rings. The van der Waals surface area contributed by atoms with Crippen LogP contribution in [0.25, 0.3) is 22.6 Å². The van der Waals surface area contributed by atoms with Gasteiger partial charge in [0.2, 0.25) is 5.88 Å². The number of fused-ring (bicyclic) bond motifs is 1. The predicted molar refractivity (Wildman–Crippen MR) is 142 cm³/mol. The van der Waals surface area contributed by atoms with Crippen molar-refractivity contribution in [1.29, 1.82) is 0 Å². The first kappa shape index (κ1) is 23.8. The van der Waals surface area contributed by atoms with Crippen LogP contribution in [0.3, 0.4) is 0 Å². The third-order valence-corrected chi connectivity index (χ3v) is 7.26. The molecule has 6 rings (SSSR count). The van der Waals surface area contributed by atoms with Crippen molar-refractivity contribution < 1.29 is 9.47 Å². The van der Waals surface area contributed by atoms with Gasteiger partial charge >= 0.3 is 0 Å². The van der Waals surface area contributed by atoms with Gasteiger partial charge in [0.15, 0.2) is 11.2 Å². The third-order valence-electron chi connectivity index (χ3n) is 7.26. The van der Waals surface area contributed by atoms with Gasteiger partial charge in [0, 0.05) is 50.0 Å². The minimum Gasteiger partial charge on any atom is -0.490 e. The molecule has 0 atom stereocenters. The highest BCUT2D eigenvalue weighted by Gasteiger charge is 2.41. The van der Waals surface area contributed by atoms with E-state index < -0.39 is 0 Å². The Morgan fingerprint density at radius 3 is 2.65 bits per heavy atom. The monoisotopic (exact) mass is 499 g/mol. The molecule has 4 aromatic rings. The molecule has 4 heterocycles. The molecular weight excluding hydrogens is 466 g/mol. The molecule has 0 spiro atoms. The minimum absolute atomic E-state index is 0.166. The van der Waals surface area contributed by atoms with Crippen LogP contribution in [0.15, 0.2) is 49.1 Å². The SMILES string of the molecule is Cc1c(OCCN2CCNCC2)cncc1-c1nc2c(OC3(C)CC3)ncnc2n1Cc1ccccc1. The molecule has 2 aliphatic rings. The minimum atomic E-state index is -0.166. The first-order chi connectivity index (χ1) is 18.1. The first-order valence-electron chi connectivity index (χ1n) is 13.0. The molecule has 1 saturated carbocycles. The molecule has 3 aromatic heterocycles. The molecule has 1 N–H and O–H groups in total. The van der Waals surface area contributed by atoms with Crippen LogP contribution in [-0.2, 0) is 6.54 Å². The fourth-order valence-corrected chi connectivity index (χ4v) is 4.72. The Balaban J connectivity index is 1.36. The van der Waals surface area contributed by atoms with Crippen molar-refractivity contribution >= 4 is 11.2 Å². The van der Waals surface area contributed by atoms with Crippen LogP contribution in [0.2, 0.25) is 0 Å². The van der Waals surface area contributed by atoms with E-state index in [9.17, 15) is 0 Å². The maximum atomic E-state index is 6.27. The van der Waals surface area contributed by atoms with Gasteiger partial charge in [-0.2, -0.15) is 4.98 Å². The second-order valence-electron chi connectivity index (χ2n) is 10.2. The summed E-state index contributed by atoms with van der Waals surface area (Å²) in [4.78, 5) is 21.1. The zero-order valence-corrected chi connectivity index (χ0v) is 21.5. The summed E-state index contributed by atoms with van der Waals surface area (Å²) in [5, 5.41) is 3.39. The van der Waals surface area contributed by atoms with Gasteiger partial charge in [-0.05, 0) is 32.3 Å². The van der Waals surface area contributed by atoms with Crippen molar-refractivity contribution in [3.8, 4) is 23.0 Å². The van der Waals surface area contributed by atoms with Gasteiger partial charge in [0.25, 0.3) is 0 Å². The van der Waals surface area contributed by atoms with Crippen LogP contribution in [0, 0.1) is 6.92 Å². The number of hydrogen-bond donors (Lipinski definition) is 1. The number of aromatic nitrogens is 5. The Morgan fingerprint density at radius 2 is 1.86 bits per heavy atom. The van der Waals surface area contributed by atoms with Gasteiger partial charge in [0.1, 0.15) is 30.1 Å². The number of ether oxygens (including phenoxy) is 2. The molecule has 0 unspecified atom stereocenters. The van der Waals surface area contributed by atoms with E-state index in [0.29, 0.717) is 24.5 Å². The summed E-state index contributed by atoms with van der Waals surface area (Å²) in [6.45, 7) is 10.5. The van der Waals surface area contributed by atoms with Crippen LogP contribution in [-0.4, -0.2) is 74.3 Å². The standard InChI is InChI=1S/C28H33N7O2/c1-20-22(16-30-17-23(20)36-15-14-34-12-10-29-11-13-34)25-33-24-26(35(25)18-21-6-4-3-5-7-21)31-19-32-27(24)37-28(2)8-9-28/h3-7,16-17,19,29H,8-15,18H2,1-2H3. The summed E-state index contributed by atoms with van der Waals surface area (Å²) in [6, 6.07) is 10.3. The van der Waals surface area contributed by atoms with Crippen molar-refractivity contribution in [1.82, 2.24) is 34.7 Å². The molecule has 1 aliphatic carbocycles. The smallest absolute Gasteiger partial charge is 0.245 e. The number of nitrogens with zero attached hydrogens (tertiary/aromatic N) is 6. The lowest BCUT2D eigenvalue weighted by Crippen LogP contribution is -2.44. The molecule has 0 radical (unpaired) electrons. The van der Waals surface area contributed by atoms with E-state index in [1.165, 1.54) is 0 Å². The lowest BCUT2D eigenvalue weighted by molar-refractivity contribution is 0.190. The van der Waals surface area contributed by atoms with E-state index in [1.807, 2.05) is 24.4 Å². The molecule has 0 bridgehead atoms. The molecule has 1 aliphatic heterocycles. The average Bonchev–Trinajstić information content (AvgIpc) is 3.54. The summed E-state index contributed by atoms with van der Waals surface area (Å²) < 4.78 is 14.6. The highest BCUT2D eigenvalue weighted by molar-refractivity contribution is 5.82. The molecular formula is C28H33N7O2. The summed E-state index contributed by atoms with van der Waals surface area (Å²) >= 11 is 0. The number of rotatable bonds is 9. The number of imidazole rings is 1. The Hall–Kier alpha value is -3.56. The van der Waals surface area contributed by atoms with E-state index in [2.05, 4.69) is 55.7 Å². The summed E-state index contributed by atoms with van der Waals surface area (Å²) in [5.74, 6) is 2.09. The first-order valence-corrected chi connectivity index (χ1v) is 13.0. The predicted octanol–water partition coefficient (Wildman–Crippen LogP) is 3.46. The lowest BCUT2D eigenvalue weighted by Gasteiger charge is -2.27. The zero-order valence-electron chi connectivity index (χ0n) is 21.5. The van der Waals surface area contributed by atoms with Crippen molar-refractivity contribution in [2.24, 2.45) is 0 Å². The van der Waals surface area contributed by atoms with Crippen molar-refractivity contribution in [3.05, 3.63) is 60.2 Å². The summed E-state index contributed by atoms with van der Waals surface area (Å²) in [5.41, 5.74) is 4.33. The number of hydrogen-bond acceptors (Lipinski definition) is 8. The van der Waals surface area contributed by atoms with Crippen LogP contribution < -0.4 is 14.8 Å². The molecule has 0 amide bonds. The average molecular weight is 500 g/mol. The van der Waals surface area contributed by atoms with Gasteiger partial charge in [-0.25, -0.2) is 9.97 Å². The molecule has 1 saturated heterocycles. The van der Waals surface area contributed by atoms with E-state index in [1.54, 1.807) is 12.5 Å². The zero-order chi connectivity index (χ0) is 25.2. The quantitative estimate of drug-likeness (QED) is 0.375. The third kappa shape index (κ3) is 5.14. The molecule has 37 heavy (non-hydrogen) atoms. The summed E-state index contributed by atoms with van der Waals surface area (Å²) in [6.07, 6.45) is 7.26. The van der Waals surface area contributed by atoms with Gasteiger partial charge in [-0.3, -0.25) is 9.88 Å². The molecule has 9 nitrogen and oxygen atoms in total. The topological polar surface area (TPSA) is 90.2 Å². The Labute approximate surface area is 216 Å². The van der Waals surface area contributed by atoms with Crippen molar-refractivity contribution in [2.45, 2.75) is 38.8 Å². The van der Waals surface area contributed by atoms with Gasteiger partial charge in [-0.1, -0.05) is 30.3 Å². The second-order valence-corrected chi connectivity index (χ2v) is 10.2. The van der Waals surface area contributed by atoms with Crippen molar-refractivity contribution in [2.75, 3.05) is 39.3 Å². The fraction of sp³-hybridized carbons (Fsp3) is 0.429. The normalized spacial score (nSPS) is 17.1. The van der Waals surface area contributed by atoms with Gasteiger partial charge in [-0.15, -0.1) is 0 Å². The van der Waals surface area contributed by atoms with Crippen LogP contribution >= 0.6 is 0 Å². The number of nitrogens with one attached hydrogen (secondary N) is 1. The second kappa shape index (κ2) is 10.1. The van der Waals surface area contributed by atoms with Crippen molar-refractivity contribution in [3.63, 3.8) is 0 Å². The van der Waals surface area contributed by atoms with E-state index >= 15 is 0 Å². The highest BCUT2D eigenvalue weighted by atomic mass is 16.5. The van der Waals surface area contributed by atoms with Crippen LogP contribution in [0.4, 0.5) is 0 Å². The molecule has 1 aromatic carbocycles. The fourth-order valence-electron chi connectivity index (χ4n) is 4.72. The molecule has 9 heteroatoms. The van der Waals surface area contributed by atoms with Gasteiger partial charge in [0.05, 0.1) is 12.7 Å². The summed E-state index contributed by atoms with van der Waals surface area (Å²) in [7, 11) is 0. The Bertz CT molecular complexity index is 1380. The lowest BCUT2D eigenvalue weighted by atomic mass is 10.1. The number of benzene rings is 1. The van der Waals surface area contributed by atoms with Crippen LogP contribution in [0.5, 0.6) is 11.6 Å². The maximum absolute atomic E-state index is 6.27. The Kier molecular flexibility index (Phi) is 6.48. The largest absolute Gasteiger partial charge is 0.490 e. The number of piperazine rings is 1. The maximum Gasteiger partial charge on any atom is 0.245 e. The number of pyridine rings is 1. The Morgan fingerprint density at radius 1 is 1.05 bits per heavy atom. The van der Waals surface area contributed by atoms with Crippen LogP contribution in [0.1, 0.15) is 30.9 Å². The van der Waals surface area contributed by atoms with E-state index in [4.69, 9.17) is 14.5 Å². The highest BCUT2D eigenvalue weighted by Crippen LogP contribution is 2.41. The van der Waals surface area contributed by atoms with E-state index in [-0.39, 0.29) is 5.60 Å².